The molecule has 0 amide bonds. The minimum Gasteiger partial charge on any atom is -0.106 e. The quantitative estimate of drug-likeness (QED) is 0.132. The van der Waals surface area contributed by atoms with Crippen LogP contribution in [0.5, 0.6) is 0 Å². The molecular weight excluding hydrogens is 512 g/mol. The summed E-state index contributed by atoms with van der Waals surface area (Å²) >= 11 is 0. The molecule has 0 radical (unpaired) electrons. The molecule has 4 heteroatoms. The van der Waals surface area contributed by atoms with Gasteiger partial charge in [-0.05, 0) is 75.4 Å². The second kappa shape index (κ2) is 17.9. The van der Waals surface area contributed by atoms with Crippen molar-refractivity contribution in [2.45, 2.75) is 72.1 Å². The molecule has 43 heavy (non-hydrogen) atoms. The average Bonchev–Trinajstić information content (AvgIpc) is 2.98. The zero-order valence-electron chi connectivity index (χ0n) is 28.2. The fourth-order valence-electron chi connectivity index (χ4n) is 6.01. The summed E-state index contributed by atoms with van der Waals surface area (Å²) in [7, 11) is 8.79. The van der Waals surface area contributed by atoms with Gasteiger partial charge < -0.3 is 0 Å². The van der Waals surface area contributed by atoms with Crippen LogP contribution in [0.1, 0.15) is 72.1 Å². The third kappa shape index (κ3) is 10.2. The Morgan fingerprint density at radius 3 is 2.53 bits per heavy atom. The molecule has 0 heterocycles. The molecule has 3 rings (SSSR count). The Labute approximate surface area is 267 Å². The molecule has 1 unspecified atom stereocenters. The zero-order valence-corrected chi connectivity index (χ0v) is 28.2. The molecule has 0 aliphatic heterocycles. The van der Waals surface area contributed by atoms with Crippen LogP contribution in [0.2, 0.25) is 0 Å². The maximum absolute atomic E-state index is 4.13. The van der Waals surface area contributed by atoms with Crippen molar-refractivity contribution in [1.82, 2.24) is 0 Å². The van der Waals surface area contributed by atoms with Crippen LogP contribution < -0.4 is 0 Å². The van der Waals surface area contributed by atoms with Gasteiger partial charge in [-0.1, -0.05) is 133 Å². The van der Waals surface area contributed by atoms with Gasteiger partial charge in [-0.2, -0.15) is 0 Å². The van der Waals surface area contributed by atoms with E-state index in [9.17, 15) is 0 Å². The molecule has 1 saturated carbocycles. The molecule has 3 bridgehead atoms. The Bertz CT molecular complexity index is 1390. The third-order valence-electron chi connectivity index (χ3n) is 9.67. The van der Waals surface area contributed by atoms with Crippen molar-refractivity contribution >= 4 is 31.4 Å². The smallest absolute Gasteiger partial charge is 0.106 e. The van der Waals surface area contributed by atoms with Gasteiger partial charge in [0.15, 0.2) is 0 Å². The molecule has 2 atom stereocenters. The van der Waals surface area contributed by atoms with Crippen LogP contribution in [-0.2, 0) is 0 Å². The van der Waals surface area contributed by atoms with Gasteiger partial charge in [0.05, 0.1) is 0 Å². The van der Waals surface area contributed by atoms with Crippen molar-refractivity contribution in [3.05, 3.63) is 153 Å². The average molecular weight is 564 g/mol. The lowest BCUT2D eigenvalue weighted by atomic mass is 9.63. The van der Waals surface area contributed by atoms with Gasteiger partial charge in [0.2, 0.25) is 0 Å². The summed E-state index contributed by atoms with van der Waals surface area (Å²) in [6, 6.07) is 0. The summed E-state index contributed by atoms with van der Waals surface area (Å²) in [5, 5.41) is 0. The summed E-state index contributed by atoms with van der Waals surface area (Å²) in [4.78, 5) is 0. The normalized spacial score (nSPS) is 27.4. The fraction of sp³-hybridized carbons (Fsp3) is 0.333. The highest BCUT2D eigenvalue weighted by atomic mass is 14.4. The van der Waals surface area contributed by atoms with Crippen molar-refractivity contribution in [2.75, 3.05) is 0 Å². The van der Waals surface area contributed by atoms with Gasteiger partial charge in [-0.25, -0.2) is 0 Å². The number of hydrogen-bond acceptors (Lipinski definition) is 0. The maximum atomic E-state index is 4.13. The first-order chi connectivity index (χ1) is 20.7. The van der Waals surface area contributed by atoms with E-state index in [0.29, 0.717) is 11.8 Å². The van der Waals surface area contributed by atoms with Gasteiger partial charge in [-0.15, -0.1) is 23.0 Å². The van der Waals surface area contributed by atoms with E-state index in [4.69, 9.17) is 0 Å². The monoisotopic (exact) mass is 564 g/mol. The van der Waals surface area contributed by atoms with Crippen LogP contribution in [-0.4, -0.2) is 31.4 Å². The lowest BCUT2D eigenvalue weighted by Crippen LogP contribution is -2.22. The summed E-state index contributed by atoms with van der Waals surface area (Å²) < 4.78 is 0. The molecule has 0 saturated heterocycles. The largest absolute Gasteiger partial charge is 0.138 e. The minimum absolute atomic E-state index is 0.570. The van der Waals surface area contributed by atoms with Crippen LogP contribution in [0.3, 0.4) is 0 Å². The molecule has 0 aromatic rings. The Morgan fingerprint density at radius 1 is 0.953 bits per heavy atom. The van der Waals surface area contributed by atoms with E-state index in [2.05, 4.69) is 150 Å². The molecule has 220 valence electrons. The van der Waals surface area contributed by atoms with Gasteiger partial charge in [0, 0.05) is 5.92 Å². The molecule has 3 aliphatic carbocycles. The van der Waals surface area contributed by atoms with Crippen LogP contribution >= 0.6 is 0 Å². The van der Waals surface area contributed by atoms with Crippen molar-refractivity contribution in [3.63, 3.8) is 0 Å². The maximum Gasteiger partial charge on any atom is 0.138 e. The highest BCUT2D eigenvalue weighted by molar-refractivity contribution is 6.45. The van der Waals surface area contributed by atoms with Crippen LogP contribution in [0.4, 0.5) is 0 Å². The first kappa shape index (κ1) is 34.4. The summed E-state index contributed by atoms with van der Waals surface area (Å²) in [6.07, 6.45) is 43.0. The molecule has 0 nitrogen and oxygen atoms in total. The molecule has 0 aromatic heterocycles. The van der Waals surface area contributed by atoms with E-state index in [-0.39, 0.29) is 0 Å². The number of rotatable bonds is 12. The molecule has 0 N–H and O–H groups in total. The highest BCUT2D eigenvalue weighted by Gasteiger charge is 2.32. The van der Waals surface area contributed by atoms with Gasteiger partial charge in [0.25, 0.3) is 0 Å². The first-order valence-electron chi connectivity index (χ1n) is 16.5. The topological polar surface area (TPSA) is 0 Å². The second-order valence-electron chi connectivity index (χ2n) is 12.5. The van der Waals surface area contributed by atoms with Crippen molar-refractivity contribution in [1.29, 1.82) is 0 Å². The third-order valence-corrected chi connectivity index (χ3v) is 9.67. The number of allylic oxidation sites excluding steroid dienone is 25. The zero-order chi connectivity index (χ0) is 31.2. The van der Waals surface area contributed by atoms with Crippen molar-refractivity contribution in [2.24, 2.45) is 11.8 Å². The predicted octanol–water partition coefficient (Wildman–Crippen LogP) is 7.36. The standard InChI is InChI=1S/C39H52B4/c1-5-31(26-25-28(2)29(3)37(41)39(43)38(42)30(4)40)19-14-10-6-8-12-16-23-34-32-20-15-11-7-9-13-17-24-35-33(22-18-21-32)27-36(34)35/h6-8,10-11,13-17,19-23,28,35H,4-5,9,12,18,24-27,40-43H2,1-3H3/b8-6-,11-7-,14-10+,17-13-,20-15+,23-16+,31-19+,32-21-,33-22+,36-34+,37-29-,39-38-/t28?,35-/m1/s1. The SMILES string of the molecule is BC(=C)/C(B)=C(B)\C(B)=C(/C)C(C)CC/C(=C/C=C/C=C\C/C=C/C1=C2/C/C3=C\C/C=C1/C=C/C=C\C/C=C\C[C@H]32)CC. The van der Waals surface area contributed by atoms with Crippen molar-refractivity contribution in [3.8, 4) is 0 Å². The second-order valence-corrected chi connectivity index (χ2v) is 12.5. The molecule has 1 fully saturated rings. The highest BCUT2D eigenvalue weighted by Crippen LogP contribution is 2.47. The van der Waals surface area contributed by atoms with Crippen LogP contribution in [0, 0.1) is 11.8 Å². The number of fused-ring (bicyclic) bond motifs is 3. The Balaban J connectivity index is 1.57. The van der Waals surface area contributed by atoms with Gasteiger partial charge in [0.1, 0.15) is 31.4 Å². The van der Waals surface area contributed by atoms with E-state index in [1.807, 2.05) is 0 Å². The molecular formula is C39H52B4. The molecule has 0 spiro atoms. The lowest BCUT2D eigenvalue weighted by molar-refractivity contribution is 0.583. The molecule has 3 aliphatic rings. The summed E-state index contributed by atoms with van der Waals surface area (Å²) in [5.74, 6) is 1.16. The first-order valence-corrected chi connectivity index (χ1v) is 16.5. The fourth-order valence-corrected chi connectivity index (χ4v) is 6.01. The number of hydrogen-bond donors (Lipinski definition) is 0. The summed E-state index contributed by atoms with van der Waals surface area (Å²) in [5.41, 5.74) is 14.3. The van der Waals surface area contributed by atoms with Gasteiger partial charge in [-0.3, -0.25) is 0 Å². The van der Waals surface area contributed by atoms with Crippen molar-refractivity contribution < 1.29 is 0 Å². The van der Waals surface area contributed by atoms with Gasteiger partial charge >= 0.3 is 0 Å². The lowest BCUT2D eigenvalue weighted by Gasteiger charge is -2.37. The van der Waals surface area contributed by atoms with E-state index < -0.39 is 0 Å². The minimum atomic E-state index is 0.570. The van der Waals surface area contributed by atoms with E-state index in [0.717, 1.165) is 50.4 Å². The van der Waals surface area contributed by atoms with E-state index in [1.54, 1.807) is 11.1 Å². The van der Waals surface area contributed by atoms with Crippen LogP contribution in [0.25, 0.3) is 0 Å². The Morgan fingerprint density at radius 2 is 1.77 bits per heavy atom. The van der Waals surface area contributed by atoms with Crippen LogP contribution in [0.15, 0.2) is 153 Å². The summed E-state index contributed by atoms with van der Waals surface area (Å²) in [6.45, 7) is 11.1. The predicted molar refractivity (Wildman–Crippen MR) is 204 cm³/mol. The Kier molecular flexibility index (Phi) is 14.3. The van der Waals surface area contributed by atoms with E-state index >= 15 is 0 Å². The van der Waals surface area contributed by atoms with E-state index in [1.165, 1.54) is 45.1 Å². The Hall–Kier alpha value is -3.12. The molecule has 0 aromatic carbocycles.